The van der Waals surface area contributed by atoms with Crippen LogP contribution in [-0.2, 0) is 9.53 Å². The first-order chi connectivity index (χ1) is 14.1. The lowest BCUT2D eigenvalue weighted by molar-refractivity contribution is -0.120. The van der Waals surface area contributed by atoms with Gasteiger partial charge < -0.3 is 10.1 Å². The number of ether oxygens (including phenoxy) is 1. The van der Waals surface area contributed by atoms with Gasteiger partial charge in [-0.25, -0.2) is 0 Å². The number of halogens is 1. The molecule has 2 aliphatic rings. The fourth-order valence-corrected chi connectivity index (χ4v) is 5.21. The number of hydrogen-bond acceptors (Lipinski definition) is 5. The van der Waals surface area contributed by atoms with E-state index in [4.69, 9.17) is 16.3 Å². The maximum atomic E-state index is 12.6. The summed E-state index contributed by atoms with van der Waals surface area (Å²) < 4.78 is 7.79. The average Bonchev–Trinajstić information content (AvgIpc) is 3.48. The van der Waals surface area contributed by atoms with Crippen molar-refractivity contribution in [2.75, 3.05) is 13.2 Å². The minimum Gasteiger partial charge on any atom is -0.376 e. The number of thioether (sulfide) groups is 1. The van der Waals surface area contributed by atoms with E-state index in [1.807, 2.05) is 31.2 Å². The second-order valence-corrected chi connectivity index (χ2v) is 9.45. The Morgan fingerprint density at radius 3 is 2.79 bits per heavy atom. The summed E-state index contributed by atoms with van der Waals surface area (Å²) in [5.74, 6) is 0.794. The summed E-state index contributed by atoms with van der Waals surface area (Å²) >= 11 is 7.90. The van der Waals surface area contributed by atoms with Gasteiger partial charge in [0.15, 0.2) is 11.0 Å². The second kappa shape index (κ2) is 9.49. The number of hydrogen-bond donors (Lipinski definition) is 1. The van der Waals surface area contributed by atoms with Crippen LogP contribution >= 0.6 is 23.4 Å². The number of aromatic nitrogens is 3. The lowest BCUT2D eigenvalue weighted by Gasteiger charge is -2.19. The summed E-state index contributed by atoms with van der Waals surface area (Å²) in [5.41, 5.74) is 0.885. The Labute approximate surface area is 180 Å². The molecule has 4 rings (SSSR count). The third-order valence-corrected chi connectivity index (χ3v) is 7.03. The minimum absolute atomic E-state index is 0.00534. The van der Waals surface area contributed by atoms with E-state index in [-0.39, 0.29) is 17.3 Å². The van der Waals surface area contributed by atoms with Crippen LogP contribution in [0.4, 0.5) is 0 Å². The van der Waals surface area contributed by atoms with Crippen LogP contribution in [0.5, 0.6) is 0 Å². The van der Waals surface area contributed by atoms with Crippen molar-refractivity contribution in [3.63, 3.8) is 0 Å². The van der Waals surface area contributed by atoms with E-state index in [9.17, 15) is 4.79 Å². The van der Waals surface area contributed by atoms with Gasteiger partial charge in [-0.3, -0.25) is 9.36 Å². The highest BCUT2D eigenvalue weighted by Crippen LogP contribution is 2.38. The number of amides is 1. The molecule has 2 fully saturated rings. The van der Waals surface area contributed by atoms with E-state index in [0.29, 0.717) is 17.6 Å². The van der Waals surface area contributed by atoms with Gasteiger partial charge >= 0.3 is 0 Å². The molecule has 1 N–H and O–H groups in total. The SMILES string of the molecule is C[C@@H](Sc1nnc(-c2ccccc2Cl)n1C1CCCC1)C(=O)NC[C@H]1CCCO1. The van der Waals surface area contributed by atoms with Gasteiger partial charge in [0.25, 0.3) is 0 Å². The lowest BCUT2D eigenvalue weighted by atomic mass is 10.2. The zero-order valence-corrected chi connectivity index (χ0v) is 18.2. The van der Waals surface area contributed by atoms with E-state index in [1.165, 1.54) is 24.6 Å². The van der Waals surface area contributed by atoms with E-state index in [0.717, 1.165) is 48.8 Å². The Morgan fingerprint density at radius 1 is 1.28 bits per heavy atom. The van der Waals surface area contributed by atoms with Gasteiger partial charge in [-0.05, 0) is 44.7 Å². The maximum absolute atomic E-state index is 12.6. The summed E-state index contributed by atoms with van der Waals surface area (Å²) in [5, 5.41) is 13.1. The van der Waals surface area contributed by atoms with Crippen LogP contribution in [0.2, 0.25) is 5.02 Å². The predicted octanol–water partition coefficient (Wildman–Crippen LogP) is 4.49. The fraction of sp³-hybridized carbons (Fsp3) is 0.571. The number of benzene rings is 1. The lowest BCUT2D eigenvalue weighted by Crippen LogP contribution is -2.36. The number of carbonyl (C=O) groups excluding carboxylic acids is 1. The monoisotopic (exact) mass is 434 g/mol. The molecular weight excluding hydrogens is 408 g/mol. The Morgan fingerprint density at radius 2 is 2.07 bits per heavy atom. The van der Waals surface area contributed by atoms with Gasteiger partial charge in [0, 0.05) is 24.8 Å². The molecule has 2 atom stereocenters. The van der Waals surface area contributed by atoms with E-state index >= 15 is 0 Å². The average molecular weight is 435 g/mol. The van der Waals surface area contributed by atoms with Crippen molar-refractivity contribution in [3.8, 4) is 11.4 Å². The molecule has 29 heavy (non-hydrogen) atoms. The fourth-order valence-electron chi connectivity index (χ4n) is 4.05. The van der Waals surface area contributed by atoms with Crippen molar-refractivity contribution in [1.82, 2.24) is 20.1 Å². The van der Waals surface area contributed by atoms with Crippen LogP contribution in [-0.4, -0.2) is 45.2 Å². The summed E-state index contributed by atoms with van der Waals surface area (Å²) in [7, 11) is 0. The van der Waals surface area contributed by atoms with Crippen LogP contribution in [0.15, 0.2) is 29.4 Å². The quantitative estimate of drug-likeness (QED) is 0.650. The van der Waals surface area contributed by atoms with Gasteiger partial charge in [0.1, 0.15) is 0 Å². The molecule has 156 valence electrons. The minimum atomic E-state index is -0.264. The topological polar surface area (TPSA) is 69.0 Å². The van der Waals surface area contributed by atoms with Crippen molar-refractivity contribution in [2.24, 2.45) is 0 Å². The molecule has 0 bridgehead atoms. The maximum Gasteiger partial charge on any atom is 0.233 e. The van der Waals surface area contributed by atoms with Crippen molar-refractivity contribution in [1.29, 1.82) is 0 Å². The highest BCUT2D eigenvalue weighted by molar-refractivity contribution is 8.00. The third-order valence-electron chi connectivity index (χ3n) is 5.65. The van der Waals surface area contributed by atoms with Crippen LogP contribution in [0.25, 0.3) is 11.4 Å². The van der Waals surface area contributed by atoms with Gasteiger partial charge in [0.2, 0.25) is 5.91 Å². The van der Waals surface area contributed by atoms with Gasteiger partial charge in [-0.15, -0.1) is 10.2 Å². The first-order valence-electron chi connectivity index (χ1n) is 10.4. The van der Waals surface area contributed by atoms with Gasteiger partial charge in [-0.1, -0.05) is 48.3 Å². The molecule has 2 heterocycles. The molecule has 1 saturated heterocycles. The zero-order valence-electron chi connectivity index (χ0n) is 16.6. The van der Waals surface area contributed by atoms with Crippen molar-refractivity contribution < 1.29 is 9.53 Å². The van der Waals surface area contributed by atoms with Crippen molar-refractivity contribution >= 4 is 29.3 Å². The van der Waals surface area contributed by atoms with Gasteiger partial charge in [-0.2, -0.15) is 0 Å². The molecule has 1 aliphatic heterocycles. The van der Waals surface area contributed by atoms with Crippen molar-refractivity contribution in [2.45, 2.75) is 68.0 Å². The van der Waals surface area contributed by atoms with Gasteiger partial charge in [0.05, 0.1) is 16.4 Å². The largest absolute Gasteiger partial charge is 0.376 e. The first kappa shape index (κ1) is 20.7. The Balaban J connectivity index is 1.52. The first-order valence-corrected chi connectivity index (χ1v) is 11.6. The molecule has 1 saturated carbocycles. The highest BCUT2D eigenvalue weighted by atomic mass is 35.5. The molecule has 1 aromatic carbocycles. The summed E-state index contributed by atoms with van der Waals surface area (Å²) in [6.45, 7) is 3.28. The molecule has 0 radical (unpaired) electrons. The smallest absolute Gasteiger partial charge is 0.233 e. The van der Waals surface area contributed by atoms with E-state index in [1.54, 1.807) is 0 Å². The Bertz CT molecular complexity index is 847. The van der Waals surface area contributed by atoms with E-state index in [2.05, 4.69) is 20.1 Å². The molecule has 1 amide bonds. The molecule has 2 aromatic rings. The molecule has 1 aromatic heterocycles. The predicted molar refractivity (Wildman–Crippen MR) is 115 cm³/mol. The van der Waals surface area contributed by atoms with Crippen LogP contribution in [0, 0.1) is 0 Å². The number of nitrogens with one attached hydrogen (secondary N) is 1. The Kier molecular flexibility index (Phi) is 6.77. The molecule has 0 spiro atoms. The van der Waals surface area contributed by atoms with E-state index < -0.39 is 0 Å². The zero-order chi connectivity index (χ0) is 20.2. The number of nitrogens with zero attached hydrogens (tertiary/aromatic N) is 3. The Hall–Kier alpha value is -1.57. The van der Waals surface area contributed by atoms with Crippen LogP contribution in [0.3, 0.4) is 0 Å². The van der Waals surface area contributed by atoms with Crippen LogP contribution < -0.4 is 5.32 Å². The summed E-state index contributed by atoms with van der Waals surface area (Å²) in [6, 6.07) is 8.07. The standard InChI is InChI=1S/C21H27ClN4O2S/c1-14(20(27)23-13-16-9-6-12-28-16)29-21-25-24-19(17-10-4-5-11-18(17)22)26(21)15-7-2-3-8-15/h4-5,10-11,14-16H,2-3,6-9,12-13H2,1H3,(H,23,27)/t14-,16-/m1/s1. The number of carbonyl (C=O) groups is 1. The third kappa shape index (κ3) is 4.78. The molecule has 8 heteroatoms. The second-order valence-electron chi connectivity index (χ2n) is 7.73. The summed E-state index contributed by atoms with van der Waals surface area (Å²) in [6.07, 6.45) is 6.83. The molecule has 1 aliphatic carbocycles. The normalized spacial score (nSPS) is 20.8. The molecule has 6 nitrogen and oxygen atoms in total. The highest BCUT2D eigenvalue weighted by Gasteiger charge is 2.28. The summed E-state index contributed by atoms with van der Waals surface area (Å²) in [4.78, 5) is 12.6. The number of rotatable bonds is 7. The molecular formula is C21H27ClN4O2S. The van der Waals surface area contributed by atoms with Crippen LogP contribution in [0.1, 0.15) is 51.5 Å². The van der Waals surface area contributed by atoms with Crippen molar-refractivity contribution in [3.05, 3.63) is 29.3 Å². The molecule has 0 unspecified atom stereocenters.